The van der Waals surface area contributed by atoms with Gasteiger partial charge in [0.2, 0.25) is 0 Å². The number of quaternary nitrogens is 1. The second-order valence-corrected chi connectivity index (χ2v) is 10.6. The Bertz CT molecular complexity index is 602. The molecule has 0 saturated carbocycles. The fraction of sp³-hybridized carbons (Fsp3) is 0.792. The highest BCUT2D eigenvalue weighted by Gasteiger charge is 2.16. The van der Waals surface area contributed by atoms with Gasteiger partial charge in [0.1, 0.15) is 25.9 Å². The number of phosphoric ester groups is 1. The zero-order valence-electron chi connectivity index (χ0n) is 21.1. The summed E-state index contributed by atoms with van der Waals surface area (Å²) in [5.74, 6) is -0.457. The maximum Gasteiger partial charge on any atom is 0.306 e. The Hall–Kier alpha value is -1.02. The first-order valence-corrected chi connectivity index (χ1v) is 13.6. The number of nitrogens with zero attached hydrogens (tertiary/aromatic N) is 1. The van der Waals surface area contributed by atoms with Gasteiger partial charge in [0.15, 0.2) is 0 Å². The van der Waals surface area contributed by atoms with Crippen LogP contribution in [0.3, 0.4) is 0 Å². The van der Waals surface area contributed by atoms with E-state index in [1.165, 1.54) is 38.5 Å². The highest BCUT2D eigenvalue weighted by molar-refractivity contribution is 7.45. The minimum absolute atomic E-state index is 0.0161. The van der Waals surface area contributed by atoms with Crippen LogP contribution in [-0.2, 0) is 23.1 Å². The first kappa shape index (κ1) is 32.0. The van der Waals surface area contributed by atoms with E-state index in [4.69, 9.17) is 9.26 Å². The summed E-state index contributed by atoms with van der Waals surface area (Å²) in [5, 5.41) is 9.76. The molecule has 0 bridgehead atoms. The first-order chi connectivity index (χ1) is 15.6. The van der Waals surface area contributed by atoms with Crippen molar-refractivity contribution in [2.24, 2.45) is 0 Å². The average molecular weight is 492 g/mol. The summed E-state index contributed by atoms with van der Waals surface area (Å²) in [6, 6.07) is 0. The quantitative estimate of drug-likeness (QED) is 0.0846. The number of carbonyl (C=O) groups is 1. The Morgan fingerprint density at radius 3 is 2.27 bits per heavy atom. The minimum atomic E-state index is -4.50. The number of likely N-dealkylation sites (N-methyl/N-ethyl adjacent to an activating group) is 1. The number of phosphoric acid groups is 1. The molecule has 0 aromatic rings. The van der Waals surface area contributed by atoms with E-state index in [1.807, 2.05) is 33.3 Å². The molecule has 2 atom stereocenters. The fourth-order valence-electron chi connectivity index (χ4n) is 2.70. The van der Waals surface area contributed by atoms with Crippen LogP contribution in [0.25, 0.3) is 0 Å². The van der Waals surface area contributed by atoms with Crippen molar-refractivity contribution in [3.63, 3.8) is 0 Å². The normalized spacial score (nSPS) is 15.2. The summed E-state index contributed by atoms with van der Waals surface area (Å²) >= 11 is 0. The molecule has 0 rings (SSSR count). The van der Waals surface area contributed by atoms with Crippen molar-refractivity contribution in [2.45, 2.75) is 77.2 Å². The van der Waals surface area contributed by atoms with Gasteiger partial charge in [-0.05, 0) is 25.7 Å². The van der Waals surface area contributed by atoms with E-state index in [1.54, 1.807) is 0 Å². The molecule has 0 heterocycles. The van der Waals surface area contributed by atoms with Gasteiger partial charge in [-0.3, -0.25) is 9.36 Å². The van der Waals surface area contributed by atoms with Crippen molar-refractivity contribution in [1.82, 2.24) is 0 Å². The number of allylic oxidation sites excluding steroid dienone is 4. The van der Waals surface area contributed by atoms with E-state index >= 15 is 0 Å². The van der Waals surface area contributed by atoms with Gasteiger partial charge in [0, 0.05) is 6.42 Å². The smallest absolute Gasteiger partial charge is 0.306 e. The molecule has 8 nitrogen and oxygen atoms in total. The lowest BCUT2D eigenvalue weighted by atomic mass is 10.1. The summed E-state index contributed by atoms with van der Waals surface area (Å²) in [6.45, 7) is 1.84. The van der Waals surface area contributed by atoms with Crippen LogP contribution in [0.1, 0.15) is 71.1 Å². The lowest BCUT2D eigenvalue weighted by Gasteiger charge is -2.27. The summed E-state index contributed by atoms with van der Waals surface area (Å²) in [5.41, 5.74) is 0. The third-order valence-corrected chi connectivity index (χ3v) is 5.68. The molecule has 0 aliphatic heterocycles. The van der Waals surface area contributed by atoms with Gasteiger partial charge in [-0.2, -0.15) is 0 Å². The molecule has 0 spiro atoms. The molecule has 0 fully saturated rings. The average Bonchev–Trinajstić information content (AvgIpc) is 2.73. The maximum absolute atomic E-state index is 11.7. The molecule has 0 saturated heterocycles. The molecule has 194 valence electrons. The van der Waals surface area contributed by atoms with Gasteiger partial charge in [-0.1, -0.05) is 63.3 Å². The molecule has 0 amide bonds. The lowest BCUT2D eigenvalue weighted by molar-refractivity contribution is -0.870. The molecule has 0 radical (unpaired) electrons. The topological polar surface area (TPSA) is 105 Å². The predicted molar refractivity (Wildman–Crippen MR) is 129 cm³/mol. The van der Waals surface area contributed by atoms with Crippen LogP contribution >= 0.6 is 7.82 Å². The Morgan fingerprint density at radius 1 is 0.970 bits per heavy atom. The van der Waals surface area contributed by atoms with Gasteiger partial charge in [-0.25, -0.2) is 0 Å². The second-order valence-electron chi connectivity index (χ2n) is 9.20. The largest absolute Gasteiger partial charge is 0.756 e. The van der Waals surface area contributed by atoms with Crippen LogP contribution < -0.4 is 4.89 Å². The van der Waals surface area contributed by atoms with Crippen LogP contribution in [0.2, 0.25) is 0 Å². The number of hydrogen-bond acceptors (Lipinski definition) is 7. The standard InChI is InChI=1S/C24H46NO7P/c1-5-6-7-8-9-10-11-12-13-14-15-16-17-18-24(27)30-21-23(26)22-32-33(28,29)31-20-19-25(2,3)4/h12-13,15-16,23,26H,5-11,14,17-22H2,1-4H3/b13-12+,16-15+. The van der Waals surface area contributed by atoms with E-state index in [-0.39, 0.29) is 19.6 Å². The van der Waals surface area contributed by atoms with Gasteiger partial charge in [-0.15, -0.1) is 0 Å². The van der Waals surface area contributed by atoms with E-state index in [9.17, 15) is 19.4 Å². The van der Waals surface area contributed by atoms with Crippen molar-refractivity contribution in [3.05, 3.63) is 24.3 Å². The number of ether oxygens (including phenoxy) is 1. The first-order valence-electron chi connectivity index (χ1n) is 12.1. The molecule has 33 heavy (non-hydrogen) atoms. The zero-order chi connectivity index (χ0) is 25.0. The predicted octanol–water partition coefficient (Wildman–Crippen LogP) is 4.13. The highest BCUT2D eigenvalue weighted by Crippen LogP contribution is 2.38. The number of aliphatic hydroxyl groups excluding tert-OH is 1. The Kier molecular flexibility index (Phi) is 18.7. The van der Waals surface area contributed by atoms with Gasteiger partial charge < -0.3 is 28.3 Å². The Labute approximate surface area is 200 Å². The van der Waals surface area contributed by atoms with Gasteiger partial charge in [0.05, 0.1) is 27.7 Å². The minimum Gasteiger partial charge on any atom is -0.756 e. The molecule has 0 aliphatic carbocycles. The number of aliphatic hydroxyl groups is 1. The van der Waals surface area contributed by atoms with Crippen molar-refractivity contribution < 1.29 is 37.6 Å². The number of esters is 1. The van der Waals surface area contributed by atoms with E-state index in [2.05, 4.69) is 23.6 Å². The Balaban J connectivity index is 3.75. The monoisotopic (exact) mass is 491 g/mol. The highest BCUT2D eigenvalue weighted by atomic mass is 31.2. The zero-order valence-corrected chi connectivity index (χ0v) is 22.0. The van der Waals surface area contributed by atoms with Crippen molar-refractivity contribution >= 4 is 13.8 Å². The van der Waals surface area contributed by atoms with Crippen LogP contribution in [0.4, 0.5) is 0 Å². The number of hydrogen-bond donors (Lipinski definition) is 1. The molecular weight excluding hydrogens is 445 g/mol. The molecule has 2 unspecified atom stereocenters. The van der Waals surface area contributed by atoms with E-state index < -0.39 is 26.5 Å². The van der Waals surface area contributed by atoms with E-state index in [0.717, 1.165) is 12.8 Å². The number of carbonyl (C=O) groups excluding carboxylic acids is 1. The van der Waals surface area contributed by atoms with Gasteiger partial charge in [0.25, 0.3) is 7.82 Å². The van der Waals surface area contributed by atoms with Crippen molar-refractivity contribution in [3.8, 4) is 0 Å². The molecule has 1 N–H and O–H groups in total. The van der Waals surface area contributed by atoms with Gasteiger partial charge >= 0.3 is 5.97 Å². The summed E-state index contributed by atoms with van der Waals surface area (Å²) in [4.78, 5) is 23.4. The maximum atomic E-state index is 11.7. The molecular formula is C24H46NO7P. The van der Waals surface area contributed by atoms with Crippen molar-refractivity contribution in [1.29, 1.82) is 0 Å². The van der Waals surface area contributed by atoms with Crippen molar-refractivity contribution in [2.75, 3.05) is 47.5 Å². The number of unbranched alkanes of at least 4 members (excludes halogenated alkanes) is 6. The molecule has 0 aliphatic rings. The summed E-state index contributed by atoms with van der Waals surface area (Å²) < 4.78 is 26.5. The number of rotatable bonds is 21. The van der Waals surface area contributed by atoms with Crippen LogP contribution in [0.5, 0.6) is 0 Å². The van der Waals surface area contributed by atoms with Crippen LogP contribution in [-0.4, -0.2) is 69.2 Å². The second kappa shape index (κ2) is 19.3. The third-order valence-electron chi connectivity index (χ3n) is 4.72. The molecule has 0 aromatic heterocycles. The summed E-state index contributed by atoms with van der Waals surface area (Å²) in [6.07, 6.45) is 17.5. The molecule has 0 aromatic carbocycles. The Morgan fingerprint density at radius 2 is 1.61 bits per heavy atom. The van der Waals surface area contributed by atoms with Crippen LogP contribution in [0.15, 0.2) is 24.3 Å². The lowest BCUT2D eigenvalue weighted by Crippen LogP contribution is -2.37. The third kappa shape index (κ3) is 23.9. The van der Waals surface area contributed by atoms with Crippen LogP contribution in [0, 0.1) is 0 Å². The molecule has 9 heteroatoms. The summed E-state index contributed by atoms with van der Waals surface area (Å²) in [7, 11) is 1.22. The van der Waals surface area contributed by atoms with E-state index in [0.29, 0.717) is 17.4 Å². The SMILES string of the molecule is CCCCCCCC/C=C/C/C=C/CCC(=O)OCC(O)COP(=O)([O-])OCC[N+](C)(C)C. The fourth-order valence-corrected chi connectivity index (χ4v) is 3.44.